The largest absolute Gasteiger partial charge is 0.343 e. The SMILES string of the molecule is C=C[C@@]1(C)CC(=O)[C@@H]2OC[C@H]1O2. The first-order valence-electron chi connectivity index (χ1n) is 4.09. The zero-order chi connectivity index (χ0) is 8.77. The van der Waals surface area contributed by atoms with Gasteiger partial charge in [-0.1, -0.05) is 13.0 Å². The molecular formula is C9H12O3. The summed E-state index contributed by atoms with van der Waals surface area (Å²) in [5, 5.41) is 0. The van der Waals surface area contributed by atoms with E-state index in [9.17, 15) is 4.79 Å². The highest BCUT2D eigenvalue weighted by atomic mass is 16.7. The van der Waals surface area contributed by atoms with Crippen LogP contribution in [0.2, 0.25) is 0 Å². The summed E-state index contributed by atoms with van der Waals surface area (Å²) in [6.07, 6.45) is 1.70. The average molecular weight is 168 g/mol. The Morgan fingerprint density at radius 1 is 1.75 bits per heavy atom. The van der Waals surface area contributed by atoms with Gasteiger partial charge in [0.2, 0.25) is 6.29 Å². The van der Waals surface area contributed by atoms with E-state index >= 15 is 0 Å². The van der Waals surface area contributed by atoms with Crippen LogP contribution in [0.25, 0.3) is 0 Å². The van der Waals surface area contributed by atoms with Crippen molar-refractivity contribution in [3.05, 3.63) is 12.7 Å². The standard InChI is InChI=1S/C9H12O3/c1-3-9(2)4-6(10)8-11-5-7(9)12-8/h3,7-8H,1,4-5H2,2H3/t7-,8-,9+/m1/s1. The topological polar surface area (TPSA) is 35.5 Å². The smallest absolute Gasteiger partial charge is 0.218 e. The highest BCUT2D eigenvalue weighted by Crippen LogP contribution is 2.39. The van der Waals surface area contributed by atoms with Gasteiger partial charge in [0.1, 0.15) is 0 Å². The van der Waals surface area contributed by atoms with Crippen LogP contribution in [0.5, 0.6) is 0 Å². The van der Waals surface area contributed by atoms with Crippen LogP contribution < -0.4 is 0 Å². The van der Waals surface area contributed by atoms with Gasteiger partial charge in [0.25, 0.3) is 0 Å². The Hall–Kier alpha value is -0.670. The summed E-state index contributed by atoms with van der Waals surface area (Å²) in [7, 11) is 0. The van der Waals surface area contributed by atoms with E-state index < -0.39 is 6.29 Å². The normalized spacial score (nSPS) is 46.2. The number of hydrogen-bond acceptors (Lipinski definition) is 3. The molecule has 12 heavy (non-hydrogen) atoms. The minimum Gasteiger partial charge on any atom is -0.343 e. The maximum Gasteiger partial charge on any atom is 0.218 e. The molecule has 2 rings (SSSR count). The first kappa shape index (κ1) is 7.95. The van der Waals surface area contributed by atoms with E-state index in [-0.39, 0.29) is 17.3 Å². The van der Waals surface area contributed by atoms with Crippen LogP contribution >= 0.6 is 0 Å². The highest BCUT2D eigenvalue weighted by Gasteiger charge is 2.48. The molecule has 0 unspecified atom stereocenters. The summed E-state index contributed by atoms with van der Waals surface area (Å²) < 4.78 is 10.5. The molecular weight excluding hydrogens is 156 g/mol. The first-order valence-corrected chi connectivity index (χ1v) is 4.09. The molecule has 2 bridgehead atoms. The Morgan fingerprint density at radius 3 is 3.17 bits per heavy atom. The van der Waals surface area contributed by atoms with E-state index in [1.165, 1.54) is 0 Å². The van der Waals surface area contributed by atoms with E-state index in [4.69, 9.17) is 9.47 Å². The molecule has 3 atom stereocenters. The third kappa shape index (κ3) is 0.934. The molecule has 0 aromatic rings. The van der Waals surface area contributed by atoms with Crippen LogP contribution in [-0.2, 0) is 14.3 Å². The lowest BCUT2D eigenvalue weighted by Gasteiger charge is -2.33. The van der Waals surface area contributed by atoms with Gasteiger partial charge in [0.15, 0.2) is 5.78 Å². The molecule has 0 aliphatic carbocycles. The number of rotatable bonds is 1. The van der Waals surface area contributed by atoms with Crippen molar-refractivity contribution in [3.63, 3.8) is 0 Å². The Balaban J connectivity index is 2.28. The number of hydrogen-bond donors (Lipinski definition) is 0. The molecule has 2 aliphatic heterocycles. The maximum atomic E-state index is 11.3. The summed E-state index contributed by atoms with van der Waals surface area (Å²) in [5.74, 6) is 0.0335. The van der Waals surface area contributed by atoms with Gasteiger partial charge in [0, 0.05) is 11.8 Å². The lowest BCUT2D eigenvalue weighted by Crippen LogP contribution is -2.41. The number of ketones is 1. The molecule has 3 heteroatoms. The van der Waals surface area contributed by atoms with Gasteiger partial charge in [-0.2, -0.15) is 0 Å². The monoisotopic (exact) mass is 168 g/mol. The number of carbonyl (C=O) groups excluding carboxylic acids is 1. The molecule has 0 spiro atoms. The Kier molecular flexibility index (Phi) is 1.59. The average Bonchev–Trinajstić information content (AvgIpc) is 2.48. The van der Waals surface area contributed by atoms with E-state index in [1.54, 1.807) is 6.08 Å². The second-order valence-electron chi connectivity index (χ2n) is 3.64. The molecule has 66 valence electrons. The minimum atomic E-state index is -0.594. The van der Waals surface area contributed by atoms with Crippen molar-refractivity contribution in [1.29, 1.82) is 0 Å². The predicted molar refractivity (Wildman–Crippen MR) is 42.5 cm³/mol. The molecule has 2 fully saturated rings. The Bertz CT molecular complexity index is 236. The molecule has 3 nitrogen and oxygen atoms in total. The molecule has 0 saturated carbocycles. The Morgan fingerprint density at radius 2 is 2.50 bits per heavy atom. The third-order valence-electron chi connectivity index (χ3n) is 2.71. The molecule has 0 amide bonds. The third-order valence-corrected chi connectivity index (χ3v) is 2.71. The zero-order valence-electron chi connectivity index (χ0n) is 7.08. The van der Waals surface area contributed by atoms with Crippen molar-refractivity contribution in [2.24, 2.45) is 5.41 Å². The molecule has 2 saturated heterocycles. The van der Waals surface area contributed by atoms with Crippen LogP contribution in [0.1, 0.15) is 13.3 Å². The summed E-state index contributed by atoms with van der Waals surface area (Å²) in [4.78, 5) is 11.3. The highest BCUT2D eigenvalue weighted by molar-refractivity contribution is 5.84. The van der Waals surface area contributed by atoms with Gasteiger partial charge >= 0.3 is 0 Å². The van der Waals surface area contributed by atoms with Gasteiger partial charge in [-0.3, -0.25) is 4.79 Å². The Labute approximate surface area is 71.3 Å². The van der Waals surface area contributed by atoms with Gasteiger partial charge in [-0.05, 0) is 0 Å². The van der Waals surface area contributed by atoms with Crippen LogP contribution in [0.4, 0.5) is 0 Å². The van der Waals surface area contributed by atoms with Crippen LogP contribution in [0.3, 0.4) is 0 Å². The lowest BCUT2D eigenvalue weighted by molar-refractivity contribution is -0.160. The molecule has 2 aliphatic rings. The number of carbonyl (C=O) groups is 1. The second kappa shape index (κ2) is 2.41. The van der Waals surface area contributed by atoms with Crippen LogP contribution in [0.15, 0.2) is 12.7 Å². The minimum absolute atomic E-state index is 0.0118. The van der Waals surface area contributed by atoms with E-state index in [2.05, 4.69) is 6.58 Å². The van der Waals surface area contributed by atoms with Gasteiger partial charge in [-0.15, -0.1) is 6.58 Å². The molecule has 2 heterocycles. The summed E-state index contributed by atoms with van der Waals surface area (Å²) >= 11 is 0. The fourth-order valence-corrected chi connectivity index (χ4v) is 1.69. The van der Waals surface area contributed by atoms with E-state index in [0.717, 1.165) is 0 Å². The first-order chi connectivity index (χ1) is 5.65. The lowest BCUT2D eigenvalue weighted by atomic mass is 9.79. The molecule has 0 aromatic carbocycles. The maximum absolute atomic E-state index is 11.3. The molecule has 0 N–H and O–H groups in total. The van der Waals surface area contributed by atoms with E-state index in [1.807, 2.05) is 6.92 Å². The number of ether oxygens (including phenoxy) is 2. The van der Waals surface area contributed by atoms with Crippen LogP contribution in [0, 0.1) is 5.41 Å². The van der Waals surface area contributed by atoms with Crippen molar-refractivity contribution >= 4 is 5.78 Å². The van der Waals surface area contributed by atoms with Crippen molar-refractivity contribution in [1.82, 2.24) is 0 Å². The zero-order valence-corrected chi connectivity index (χ0v) is 7.08. The van der Waals surface area contributed by atoms with Gasteiger partial charge < -0.3 is 9.47 Å². The summed E-state index contributed by atoms with van der Waals surface area (Å²) in [5.41, 5.74) is -0.232. The second-order valence-corrected chi connectivity index (χ2v) is 3.64. The van der Waals surface area contributed by atoms with Crippen LogP contribution in [-0.4, -0.2) is 24.8 Å². The van der Waals surface area contributed by atoms with Crippen molar-refractivity contribution in [2.45, 2.75) is 25.7 Å². The fourth-order valence-electron chi connectivity index (χ4n) is 1.69. The molecule has 0 aromatic heterocycles. The van der Waals surface area contributed by atoms with Crippen molar-refractivity contribution in [2.75, 3.05) is 6.61 Å². The summed E-state index contributed by atoms with van der Waals surface area (Å²) in [6.45, 7) is 6.21. The number of Topliss-reactive ketones (excluding diaryl/α,β-unsaturated/α-hetero) is 1. The summed E-state index contributed by atoms with van der Waals surface area (Å²) in [6, 6.07) is 0. The van der Waals surface area contributed by atoms with Gasteiger partial charge in [-0.25, -0.2) is 0 Å². The quantitative estimate of drug-likeness (QED) is 0.545. The fraction of sp³-hybridized carbons (Fsp3) is 0.667. The molecule has 0 radical (unpaired) electrons. The van der Waals surface area contributed by atoms with Crippen molar-refractivity contribution in [3.8, 4) is 0 Å². The van der Waals surface area contributed by atoms with Gasteiger partial charge in [0.05, 0.1) is 12.7 Å². The predicted octanol–water partition coefficient (Wildman–Crippen LogP) is 0.893. The number of fused-ring (bicyclic) bond motifs is 2. The van der Waals surface area contributed by atoms with Crippen molar-refractivity contribution < 1.29 is 14.3 Å². The van der Waals surface area contributed by atoms with E-state index in [0.29, 0.717) is 13.0 Å².